The van der Waals surface area contributed by atoms with Gasteiger partial charge in [-0.3, -0.25) is 0 Å². The number of rotatable bonds is 21. The van der Waals surface area contributed by atoms with Gasteiger partial charge in [-0.1, -0.05) is 80.1 Å². The lowest BCUT2D eigenvalue weighted by atomic mass is 9.84. The first-order valence-corrected chi connectivity index (χ1v) is 16.3. The minimum Gasteiger partial charge on any atom is -0.449 e. The fraction of sp³-hybridized carbons (Fsp3) is 1.00. The summed E-state index contributed by atoms with van der Waals surface area (Å²) in [5.41, 5.74) is -0.735. The molecule has 0 saturated carbocycles. The molecule has 0 bridgehead atoms. The summed E-state index contributed by atoms with van der Waals surface area (Å²) in [5.74, 6) is 1.58. The first kappa shape index (κ1) is 34.4. The molecular weight excluding hydrogens is 435 g/mol. The van der Waals surface area contributed by atoms with Crippen LogP contribution in [0, 0.1) is 17.8 Å². The van der Waals surface area contributed by atoms with E-state index in [0.717, 1.165) is 0 Å². The van der Waals surface area contributed by atoms with Crippen molar-refractivity contribution in [1.82, 2.24) is 0 Å². The molecule has 0 saturated heterocycles. The van der Waals surface area contributed by atoms with E-state index in [1.165, 1.54) is 77.0 Å². The predicted octanol–water partition coefficient (Wildman–Crippen LogP) is 10.0. The molecule has 204 valence electrons. The van der Waals surface area contributed by atoms with Gasteiger partial charge in [0.05, 0.1) is 0 Å². The minimum absolute atomic E-state index is 0.245. The minimum atomic E-state index is -2.43. The Bertz CT molecular complexity index is 414. The maximum absolute atomic E-state index is 6.98. The second-order valence-electron chi connectivity index (χ2n) is 12.3. The monoisotopic (exact) mass is 498 g/mol. The zero-order valence-corrected chi connectivity index (χ0v) is 26.7. The summed E-state index contributed by atoms with van der Waals surface area (Å²) in [6, 6.07) is 0. The third-order valence-corrected chi connectivity index (χ3v) is 10.4. The van der Waals surface area contributed by atoms with Crippen molar-refractivity contribution < 1.29 is 11.4 Å². The first-order chi connectivity index (χ1) is 15.8. The fourth-order valence-electron chi connectivity index (χ4n) is 5.71. The van der Waals surface area contributed by atoms with Gasteiger partial charge >= 0.3 is 15.1 Å². The smallest absolute Gasteiger partial charge is 0.449 e. The average Bonchev–Trinajstić information content (AvgIpc) is 2.72. The van der Waals surface area contributed by atoms with E-state index in [9.17, 15) is 0 Å². The Hall–Kier alpha value is 0.412. The summed E-state index contributed by atoms with van der Waals surface area (Å²) in [5, 5.41) is 0. The molecule has 0 aromatic carbocycles. The van der Waals surface area contributed by atoms with Gasteiger partial charge in [-0.25, -0.2) is 0 Å². The van der Waals surface area contributed by atoms with Crippen LogP contribution in [0.15, 0.2) is 0 Å². The zero-order valence-electron chi connectivity index (χ0n) is 25.5. The molecule has 4 heteroatoms. The maximum Gasteiger partial charge on any atom is 0.906 e. The van der Waals surface area contributed by atoms with Gasteiger partial charge < -0.3 is 11.4 Å². The first-order valence-electron chi connectivity index (χ1n) is 14.9. The molecule has 0 aromatic rings. The Morgan fingerprint density at radius 3 is 0.735 bits per heavy atom. The third-order valence-electron chi connectivity index (χ3n) is 7.97. The molecular formula is C30H63AlO3. The second-order valence-corrected chi connectivity index (χ2v) is 13.6. The molecule has 0 amide bonds. The molecule has 0 atom stereocenters. The van der Waals surface area contributed by atoms with E-state index in [-0.39, 0.29) is 16.8 Å². The average molecular weight is 499 g/mol. The Labute approximate surface area is 220 Å². The Morgan fingerprint density at radius 1 is 0.412 bits per heavy atom. The van der Waals surface area contributed by atoms with Crippen LogP contribution in [-0.4, -0.2) is 32.0 Å². The van der Waals surface area contributed by atoms with Crippen molar-refractivity contribution >= 4 is 15.1 Å². The van der Waals surface area contributed by atoms with Crippen molar-refractivity contribution in [3.63, 3.8) is 0 Å². The number of hydrogen-bond donors (Lipinski definition) is 0. The summed E-state index contributed by atoms with van der Waals surface area (Å²) >= 11 is -2.43. The van der Waals surface area contributed by atoms with Crippen molar-refractivity contribution in [1.29, 1.82) is 0 Å². The van der Waals surface area contributed by atoms with Crippen LogP contribution in [-0.2, 0) is 11.4 Å². The molecule has 34 heavy (non-hydrogen) atoms. The van der Waals surface area contributed by atoms with Gasteiger partial charge in [0, 0.05) is 16.8 Å². The molecule has 0 unspecified atom stereocenters. The highest BCUT2D eigenvalue weighted by Crippen LogP contribution is 2.37. The van der Waals surface area contributed by atoms with Gasteiger partial charge in [-0.2, -0.15) is 0 Å². The normalized spacial score (nSPS) is 13.5. The second kappa shape index (κ2) is 17.0. The van der Waals surface area contributed by atoms with Crippen LogP contribution in [0.25, 0.3) is 0 Å². The van der Waals surface area contributed by atoms with Crippen LogP contribution >= 0.6 is 0 Å². The summed E-state index contributed by atoms with van der Waals surface area (Å²) in [6.07, 6.45) is 14.3. The Balaban J connectivity index is 6.03. The van der Waals surface area contributed by atoms with Gasteiger partial charge in [0.25, 0.3) is 0 Å². The van der Waals surface area contributed by atoms with Crippen LogP contribution in [0.1, 0.15) is 160 Å². The quantitative estimate of drug-likeness (QED) is 0.147. The SMILES string of the molecule is CCCC(CCC)C(C)(C)[O][Al]([O]C(C)(C)C(CCC)CCC)[O]C(C)(C)C(CCC)CCC. The standard InChI is InChI=1S/3C10H21O.Al/c3*1-5-7-9(8-6-2)10(3,4)11;/h3*9H,5-8H2,1-4H3;/q3*-1;+3. The highest BCUT2D eigenvalue weighted by Gasteiger charge is 2.49. The largest absolute Gasteiger partial charge is 0.906 e. The van der Waals surface area contributed by atoms with E-state index < -0.39 is 15.1 Å². The van der Waals surface area contributed by atoms with Crippen molar-refractivity contribution in [2.24, 2.45) is 17.8 Å². The van der Waals surface area contributed by atoms with Gasteiger partial charge in [0.2, 0.25) is 0 Å². The Kier molecular flexibility index (Phi) is 17.2. The van der Waals surface area contributed by atoms with E-state index >= 15 is 0 Å². The Morgan fingerprint density at radius 2 is 0.588 bits per heavy atom. The molecule has 0 aliphatic heterocycles. The molecule has 0 fully saturated rings. The molecule has 0 N–H and O–H groups in total. The van der Waals surface area contributed by atoms with Crippen LogP contribution in [0.2, 0.25) is 0 Å². The lowest BCUT2D eigenvalue weighted by Crippen LogP contribution is -2.52. The van der Waals surface area contributed by atoms with Crippen LogP contribution in [0.5, 0.6) is 0 Å². The molecule has 0 aromatic heterocycles. The summed E-state index contributed by atoms with van der Waals surface area (Å²) in [6.45, 7) is 27.4. The van der Waals surface area contributed by atoms with E-state index in [1.807, 2.05) is 0 Å². The lowest BCUT2D eigenvalue weighted by molar-refractivity contribution is -0.109. The van der Waals surface area contributed by atoms with E-state index in [2.05, 4.69) is 83.1 Å². The molecule has 0 rings (SSSR count). The van der Waals surface area contributed by atoms with E-state index in [0.29, 0.717) is 17.8 Å². The molecule has 0 spiro atoms. The van der Waals surface area contributed by atoms with Crippen LogP contribution in [0.4, 0.5) is 0 Å². The van der Waals surface area contributed by atoms with Gasteiger partial charge in [0.1, 0.15) is 0 Å². The van der Waals surface area contributed by atoms with Crippen molar-refractivity contribution in [3.8, 4) is 0 Å². The van der Waals surface area contributed by atoms with Gasteiger partial charge in [-0.05, 0) is 97.8 Å². The molecule has 0 heterocycles. The molecule has 0 aliphatic carbocycles. The molecule has 3 nitrogen and oxygen atoms in total. The van der Waals surface area contributed by atoms with Crippen molar-refractivity contribution in [2.75, 3.05) is 0 Å². The maximum atomic E-state index is 6.98. The van der Waals surface area contributed by atoms with Gasteiger partial charge in [0.15, 0.2) is 0 Å². The van der Waals surface area contributed by atoms with Crippen molar-refractivity contribution in [3.05, 3.63) is 0 Å². The van der Waals surface area contributed by atoms with Crippen LogP contribution in [0.3, 0.4) is 0 Å². The highest BCUT2D eigenvalue weighted by molar-refractivity contribution is 6.36. The van der Waals surface area contributed by atoms with Gasteiger partial charge in [-0.15, -0.1) is 0 Å². The predicted molar refractivity (Wildman–Crippen MR) is 151 cm³/mol. The molecule has 0 radical (unpaired) electrons. The summed E-state index contributed by atoms with van der Waals surface area (Å²) < 4.78 is 21.0. The van der Waals surface area contributed by atoms with E-state index in [4.69, 9.17) is 11.4 Å². The topological polar surface area (TPSA) is 27.7 Å². The van der Waals surface area contributed by atoms with Crippen molar-refractivity contribution in [2.45, 2.75) is 177 Å². The lowest BCUT2D eigenvalue weighted by Gasteiger charge is -2.44. The van der Waals surface area contributed by atoms with Crippen LogP contribution < -0.4 is 0 Å². The summed E-state index contributed by atoms with van der Waals surface area (Å²) in [4.78, 5) is 0. The highest BCUT2D eigenvalue weighted by atomic mass is 27.3. The summed E-state index contributed by atoms with van der Waals surface area (Å²) in [7, 11) is 0. The fourth-order valence-corrected chi connectivity index (χ4v) is 7.92. The third kappa shape index (κ3) is 12.1. The van der Waals surface area contributed by atoms with E-state index in [1.54, 1.807) is 0 Å². The molecule has 0 aliphatic rings. The number of hydrogen-bond acceptors (Lipinski definition) is 3. The zero-order chi connectivity index (χ0) is 26.4.